The zero-order valence-electron chi connectivity index (χ0n) is 16.9. The highest BCUT2D eigenvalue weighted by Gasteiger charge is 2.21. The summed E-state index contributed by atoms with van der Waals surface area (Å²) < 4.78 is 0. The molecule has 28 heavy (non-hydrogen) atoms. The van der Waals surface area contributed by atoms with Crippen LogP contribution in [0.25, 0.3) is 6.08 Å². The van der Waals surface area contributed by atoms with Crippen LogP contribution in [0.2, 0.25) is 0 Å². The average Bonchev–Trinajstić information content (AvgIpc) is 2.66. The van der Waals surface area contributed by atoms with Crippen molar-refractivity contribution in [1.29, 1.82) is 0 Å². The van der Waals surface area contributed by atoms with Gasteiger partial charge in [0.25, 0.3) is 0 Å². The van der Waals surface area contributed by atoms with Gasteiger partial charge in [0, 0.05) is 35.9 Å². The van der Waals surface area contributed by atoms with E-state index in [2.05, 4.69) is 5.32 Å². The highest BCUT2D eigenvalue weighted by atomic mass is 16.3. The van der Waals surface area contributed by atoms with E-state index >= 15 is 0 Å². The van der Waals surface area contributed by atoms with Crippen LogP contribution in [-0.4, -0.2) is 37.0 Å². The second-order valence-electron chi connectivity index (χ2n) is 7.72. The van der Waals surface area contributed by atoms with E-state index in [0.717, 1.165) is 11.3 Å². The Morgan fingerprint density at radius 3 is 2.18 bits per heavy atom. The third kappa shape index (κ3) is 6.06. The number of likely N-dealkylation sites (N-methyl/N-ethyl adjacent to an activating group) is 1. The highest BCUT2D eigenvalue weighted by Crippen LogP contribution is 2.18. The lowest BCUT2D eigenvalue weighted by molar-refractivity contribution is -0.123. The van der Waals surface area contributed by atoms with E-state index in [1.54, 1.807) is 30.3 Å². The summed E-state index contributed by atoms with van der Waals surface area (Å²) in [7, 11) is 1.91. The largest absolute Gasteiger partial charge is 0.395 e. The lowest BCUT2D eigenvalue weighted by atomic mass is 9.95. The zero-order valence-corrected chi connectivity index (χ0v) is 16.9. The summed E-state index contributed by atoms with van der Waals surface area (Å²) in [6, 6.07) is 14.6. The fourth-order valence-corrected chi connectivity index (χ4v) is 2.42. The van der Waals surface area contributed by atoms with Crippen molar-refractivity contribution in [2.45, 2.75) is 20.8 Å². The predicted molar refractivity (Wildman–Crippen MR) is 115 cm³/mol. The number of aliphatic hydroxyl groups excluding tert-OH is 1. The van der Waals surface area contributed by atoms with Crippen molar-refractivity contribution in [1.82, 2.24) is 0 Å². The molecule has 5 nitrogen and oxygen atoms in total. The van der Waals surface area contributed by atoms with Gasteiger partial charge in [0.15, 0.2) is 5.78 Å². The SMILES string of the molecule is CN(CCO)c1ccc(/C=C/C(=O)c2ccc(NC(=O)C(C)(C)C)cc2)cc1. The Morgan fingerprint density at radius 2 is 1.64 bits per heavy atom. The molecule has 0 aliphatic heterocycles. The molecule has 0 aliphatic rings. The first-order valence-corrected chi connectivity index (χ1v) is 9.26. The fourth-order valence-electron chi connectivity index (χ4n) is 2.42. The molecule has 0 atom stereocenters. The lowest BCUT2D eigenvalue weighted by Crippen LogP contribution is -2.27. The van der Waals surface area contributed by atoms with E-state index in [1.807, 2.05) is 57.0 Å². The molecule has 0 heterocycles. The minimum absolute atomic E-state index is 0.0699. The number of carbonyl (C=O) groups is 2. The van der Waals surface area contributed by atoms with Crippen molar-refractivity contribution in [3.05, 3.63) is 65.7 Å². The number of hydrogen-bond donors (Lipinski definition) is 2. The number of nitrogens with zero attached hydrogens (tertiary/aromatic N) is 1. The summed E-state index contributed by atoms with van der Waals surface area (Å²) >= 11 is 0. The number of benzene rings is 2. The number of allylic oxidation sites excluding steroid dienone is 1. The summed E-state index contributed by atoms with van der Waals surface area (Å²) in [5.41, 5.74) is 2.68. The highest BCUT2D eigenvalue weighted by molar-refractivity contribution is 6.07. The van der Waals surface area contributed by atoms with Crippen molar-refractivity contribution in [2.24, 2.45) is 5.41 Å². The van der Waals surface area contributed by atoms with Crippen molar-refractivity contribution in [2.75, 3.05) is 30.4 Å². The van der Waals surface area contributed by atoms with Crippen molar-refractivity contribution in [3.8, 4) is 0 Å². The Bertz CT molecular complexity index is 832. The molecule has 0 saturated heterocycles. The second kappa shape index (κ2) is 9.33. The standard InChI is InChI=1S/C23H28N2O3/c1-23(2,3)22(28)24-19-10-8-18(9-11-19)21(27)14-7-17-5-12-20(13-6-17)25(4)15-16-26/h5-14,26H,15-16H2,1-4H3,(H,24,28)/b14-7+. The van der Waals surface area contributed by atoms with Gasteiger partial charge in [-0.2, -0.15) is 0 Å². The molecular weight excluding hydrogens is 352 g/mol. The molecule has 0 bridgehead atoms. The van der Waals surface area contributed by atoms with Crippen LogP contribution in [0.1, 0.15) is 36.7 Å². The number of aliphatic hydroxyl groups is 1. The van der Waals surface area contributed by atoms with Gasteiger partial charge in [0.2, 0.25) is 5.91 Å². The van der Waals surface area contributed by atoms with Crippen molar-refractivity contribution >= 4 is 29.1 Å². The predicted octanol–water partition coefficient (Wildman–Crippen LogP) is 4.00. The first kappa shape index (κ1) is 21.4. The molecule has 2 aromatic rings. The van der Waals surface area contributed by atoms with Crippen LogP contribution < -0.4 is 10.2 Å². The summed E-state index contributed by atoms with van der Waals surface area (Å²) in [5, 5.41) is 11.8. The van der Waals surface area contributed by atoms with Crippen LogP contribution in [0, 0.1) is 5.41 Å². The maximum atomic E-state index is 12.4. The first-order valence-electron chi connectivity index (χ1n) is 9.26. The molecule has 0 spiro atoms. The molecule has 0 radical (unpaired) electrons. The van der Waals surface area contributed by atoms with E-state index in [0.29, 0.717) is 17.8 Å². The third-order valence-electron chi connectivity index (χ3n) is 4.30. The van der Waals surface area contributed by atoms with Crippen LogP contribution in [-0.2, 0) is 4.79 Å². The monoisotopic (exact) mass is 380 g/mol. The number of ketones is 1. The topological polar surface area (TPSA) is 69.6 Å². The van der Waals surface area contributed by atoms with Crippen LogP contribution in [0.5, 0.6) is 0 Å². The van der Waals surface area contributed by atoms with Gasteiger partial charge in [0.1, 0.15) is 0 Å². The van der Waals surface area contributed by atoms with Crippen LogP contribution in [0.3, 0.4) is 0 Å². The van der Waals surface area contributed by atoms with E-state index in [9.17, 15) is 9.59 Å². The number of rotatable bonds is 7. The Labute approximate surface area is 166 Å². The molecule has 0 saturated carbocycles. The molecule has 148 valence electrons. The molecule has 2 rings (SSSR count). The van der Waals surface area contributed by atoms with Gasteiger partial charge in [-0.3, -0.25) is 9.59 Å². The molecule has 0 aromatic heterocycles. The minimum atomic E-state index is -0.473. The van der Waals surface area contributed by atoms with Gasteiger partial charge >= 0.3 is 0 Å². The van der Waals surface area contributed by atoms with Crippen molar-refractivity contribution in [3.63, 3.8) is 0 Å². The molecule has 5 heteroatoms. The summed E-state index contributed by atoms with van der Waals surface area (Å²) in [5.74, 6) is -0.172. The number of anilines is 2. The van der Waals surface area contributed by atoms with E-state index in [-0.39, 0.29) is 18.3 Å². The Balaban J connectivity index is 1.99. The summed E-state index contributed by atoms with van der Waals surface area (Å²) in [4.78, 5) is 26.3. The van der Waals surface area contributed by atoms with Crippen LogP contribution >= 0.6 is 0 Å². The van der Waals surface area contributed by atoms with E-state index < -0.39 is 5.41 Å². The molecule has 0 unspecified atom stereocenters. The number of carbonyl (C=O) groups excluding carboxylic acids is 2. The van der Waals surface area contributed by atoms with Gasteiger partial charge in [0.05, 0.1) is 6.61 Å². The quantitative estimate of drug-likeness (QED) is 0.563. The lowest BCUT2D eigenvalue weighted by Gasteiger charge is -2.17. The summed E-state index contributed by atoms with van der Waals surface area (Å²) in [6.07, 6.45) is 3.31. The van der Waals surface area contributed by atoms with Gasteiger partial charge < -0.3 is 15.3 Å². The maximum Gasteiger partial charge on any atom is 0.229 e. The molecular formula is C23H28N2O3. The molecule has 2 N–H and O–H groups in total. The van der Waals surface area contributed by atoms with Crippen LogP contribution in [0.4, 0.5) is 11.4 Å². The third-order valence-corrected chi connectivity index (χ3v) is 4.30. The Morgan fingerprint density at radius 1 is 1.04 bits per heavy atom. The number of nitrogens with one attached hydrogen (secondary N) is 1. The average molecular weight is 380 g/mol. The number of amides is 1. The van der Waals surface area contributed by atoms with E-state index in [1.165, 1.54) is 6.08 Å². The van der Waals surface area contributed by atoms with E-state index in [4.69, 9.17) is 5.11 Å². The van der Waals surface area contributed by atoms with Gasteiger partial charge in [-0.05, 0) is 48.0 Å². The minimum Gasteiger partial charge on any atom is -0.395 e. The van der Waals surface area contributed by atoms with Gasteiger partial charge in [-0.25, -0.2) is 0 Å². The Hall–Kier alpha value is -2.92. The van der Waals surface area contributed by atoms with Crippen LogP contribution in [0.15, 0.2) is 54.6 Å². The van der Waals surface area contributed by atoms with Crippen molar-refractivity contribution < 1.29 is 14.7 Å². The molecule has 1 amide bonds. The number of hydrogen-bond acceptors (Lipinski definition) is 4. The van der Waals surface area contributed by atoms with Gasteiger partial charge in [-0.15, -0.1) is 0 Å². The second-order valence-corrected chi connectivity index (χ2v) is 7.72. The fraction of sp³-hybridized carbons (Fsp3) is 0.304. The Kier molecular flexibility index (Phi) is 7.12. The molecule has 2 aromatic carbocycles. The summed E-state index contributed by atoms with van der Waals surface area (Å²) in [6.45, 7) is 6.22. The molecule has 0 aliphatic carbocycles. The molecule has 0 fully saturated rings. The first-order chi connectivity index (χ1) is 13.2. The normalized spacial score (nSPS) is 11.5. The van der Waals surface area contributed by atoms with Gasteiger partial charge in [-0.1, -0.05) is 39.0 Å². The maximum absolute atomic E-state index is 12.4. The smallest absolute Gasteiger partial charge is 0.229 e. The zero-order chi connectivity index (χ0) is 20.7.